The summed E-state index contributed by atoms with van der Waals surface area (Å²) in [6, 6.07) is 0. The van der Waals surface area contributed by atoms with Gasteiger partial charge in [-0.15, -0.1) is 0 Å². The molecule has 0 amide bonds. The molecule has 0 aliphatic carbocycles. The van der Waals surface area contributed by atoms with Crippen molar-refractivity contribution in [2.24, 2.45) is 11.8 Å². The molecule has 0 spiro atoms. The van der Waals surface area contributed by atoms with Crippen molar-refractivity contribution in [3.8, 4) is 0 Å². The summed E-state index contributed by atoms with van der Waals surface area (Å²) in [6.07, 6.45) is 41.2. The molecule has 0 nitrogen and oxygen atoms in total. The lowest BCUT2D eigenvalue weighted by Crippen LogP contribution is -1.96. The fourth-order valence-electron chi connectivity index (χ4n) is 5.44. The summed E-state index contributed by atoms with van der Waals surface area (Å²) in [5, 5.41) is 0. The van der Waals surface area contributed by atoms with Crippen molar-refractivity contribution in [3.63, 3.8) is 0 Å². The van der Waals surface area contributed by atoms with Crippen LogP contribution in [0, 0.1) is 11.8 Å². The van der Waals surface area contributed by atoms with Gasteiger partial charge in [0.15, 0.2) is 0 Å². The predicted molar refractivity (Wildman–Crippen MR) is 159 cm³/mol. The molecule has 0 aromatic carbocycles. The number of hydrogen-bond donors (Lipinski definition) is 0. The second kappa shape index (κ2) is 29.2. The van der Waals surface area contributed by atoms with Gasteiger partial charge in [-0.05, 0) is 11.8 Å². The van der Waals surface area contributed by atoms with Crippen LogP contribution in [-0.4, -0.2) is 0 Å². The van der Waals surface area contributed by atoms with Crippen molar-refractivity contribution in [2.75, 3.05) is 0 Å². The Labute approximate surface area is 219 Å². The maximum absolute atomic E-state index is 2.49. The van der Waals surface area contributed by atoms with Gasteiger partial charge in [0.1, 0.15) is 0 Å². The third-order valence-corrected chi connectivity index (χ3v) is 8.39. The minimum absolute atomic E-state index is 0.941. The van der Waals surface area contributed by atoms with Crippen LogP contribution in [0.2, 0.25) is 0 Å². The quantitative estimate of drug-likeness (QED) is 0.0937. The first-order valence-corrected chi connectivity index (χ1v) is 16.7. The molecule has 2 atom stereocenters. The van der Waals surface area contributed by atoms with Crippen molar-refractivity contribution >= 4 is 0 Å². The first-order chi connectivity index (χ1) is 16.7. The Morgan fingerprint density at radius 1 is 0.294 bits per heavy atom. The molecule has 0 saturated carbocycles. The van der Waals surface area contributed by atoms with Gasteiger partial charge in [-0.3, -0.25) is 0 Å². The van der Waals surface area contributed by atoms with Gasteiger partial charge in [0.2, 0.25) is 0 Å². The smallest absolute Gasteiger partial charge is 0.0443 e. The average Bonchev–Trinajstić information content (AvgIpc) is 2.84. The maximum atomic E-state index is 2.49. The molecule has 34 heavy (non-hydrogen) atoms. The molecular formula is C34H70. The lowest BCUT2D eigenvalue weighted by molar-refractivity contribution is 0.418. The van der Waals surface area contributed by atoms with Crippen LogP contribution in [0.1, 0.15) is 207 Å². The van der Waals surface area contributed by atoms with E-state index in [1.807, 2.05) is 0 Å². The van der Waals surface area contributed by atoms with E-state index in [9.17, 15) is 0 Å². The first-order valence-electron chi connectivity index (χ1n) is 16.7. The Hall–Kier alpha value is 0. The molecule has 0 heteroatoms. The molecule has 0 fully saturated rings. The van der Waals surface area contributed by atoms with Gasteiger partial charge in [-0.25, -0.2) is 0 Å². The fraction of sp³-hybridized carbons (Fsp3) is 1.00. The van der Waals surface area contributed by atoms with Crippen LogP contribution in [0.4, 0.5) is 0 Å². The first kappa shape index (κ1) is 34.0. The molecular weight excluding hydrogens is 408 g/mol. The van der Waals surface area contributed by atoms with Crippen molar-refractivity contribution in [2.45, 2.75) is 207 Å². The zero-order chi connectivity index (χ0) is 25.0. The summed E-state index contributed by atoms with van der Waals surface area (Å²) < 4.78 is 0. The minimum Gasteiger partial charge on any atom is -0.0654 e. The Morgan fingerprint density at radius 2 is 0.529 bits per heavy atom. The van der Waals surface area contributed by atoms with Gasteiger partial charge in [0, 0.05) is 0 Å². The van der Waals surface area contributed by atoms with Crippen molar-refractivity contribution < 1.29 is 0 Å². The molecule has 206 valence electrons. The van der Waals surface area contributed by atoms with Crippen LogP contribution in [-0.2, 0) is 0 Å². The Kier molecular flexibility index (Phi) is 29.2. The van der Waals surface area contributed by atoms with Gasteiger partial charge in [0.25, 0.3) is 0 Å². The highest BCUT2D eigenvalue weighted by Crippen LogP contribution is 2.20. The van der Waals surface area contributed by atoms with E-state index in [4.69, 9.17) is 0 Å². The van der Waals surface area contributed by atoms with Gasteiger partial charge < -0.3 is 0 Å². The number of unbranched alkanes of at least 4 members (excludes halogenated alkanes) is 22. The second-order valence-electron chi connectivity index (χ2n) is 12.1. The third kappa shape index (κ3) is 28.2. The molecule has 0 saturated heterocycles. The van der Waals surface area contributed by atoms with Crippen LogP contribution in [0.15, 0.2) is 0 Å². The standard InChI is InChI=1S/C34H70/c1-5-7-8-9-10-11-12-13-14-15-16-17-18-19-20-21-22-23-24-25-27-31-34(4)32-29-26-28-30-33(3)6-2/h33-34H,5-32H2,1-4H3. The van der Waals surface area contributed by atoms with Crippen LogP contribution in [0.5, 0.6) is 0 Å². The topological polar surface area (TPSA) is 0 Å². The summed E-state index contributed by atoms with van der Waals surface area (Å²) in [6.45, 7) is 9.53. The zero-order valence-corrected chi connectivity index (χ0v) is 25.0. The summed E-state index contributed by atoms with van der Waals surface area (Å²) in [4.78, 5) is 0. The molecule has 2 unspecified atom stereocenters. The van der Waals surface area contributed by atoms with E-state index in [2.05, 4.69) is 27.7 Å². The van der Waals surface area contributed by atoms with Crippen molar-refractivity contribution in [1.29, 1.82) is 0 Å². The Bertz CT molecular complexity index is 346. The van der Waals surface area contributed by atoms with E-state index in [0.29, 0.717) is 0 Å². The van der Waals surface area contributed by atoms with Crippen molar-refractivity contribution in [3.05, 3.63) is 0 Å². The third-order valence-electron chi connectivity index (χ3n) is 8.39. The highest BCUT2D eigenvalue weighted by Gasteiger charge is 2.03. The van der Waals surface area contributed by atoms with Crippen LogP contribution in [0.3, 0.4) is 0 Å². The summed E-state index contributed by atoms with van der Waals surface area (Å²) in [7, 11) is 0. The monoisotopic (exact) mass is 479 g/mol. The lowest BCUT2D eigenvalue weighted by Gasteiger charge is -2.12. The average molecular weight is 479 g/mol. The molecule has 0 aromatic heterocycles. The van der Waals surface area contributed by atoms with E-state index >= 15 is 0 Å². The van der Waals surface area contributed by atoms with Crippen LogP contribution >= 0.6 is 0 Å². The molecule has 0 aromatic rings. The fourth-order valence-corrected chi connectivity index (χ4v) is 5.44. The lowest BCUT2D eigenvalue weighted by atomic mass is 9.94. The second-order valence-corrected chi connectivity index (χ2v) is 12.1. The Balaban J connectivity index is 3.12. The molecule has 0 aliphatic heterocycles. The molecule has 0 N–H and O–H groups in total. The summed E-state index contributed by atoms with van der Waals surface area (Å²) >= 11 is 0. The zero-order valence-electron chi connectivity index (χ0n) is 25.0. The van der Waals surface area contributed by atoms with E-state index in [1.54, 1.807) is 0 Å². The highest BCUT2D eigenvalue weighted by atomic mass is 14.1. The van der Waals surface area contributed by atoms with Crippen LogP contribution in [0.25, 0.3) is 0 Å². The van der Waals surface area contributed by atoms with E-state index in [-0.39, 0.29) is 0 Å². The van der Waals surface area contributed by atoms with Gasteiger partial charge in [-0.2, -0.15) is 0 Å². The number of hydrogen-bond acceptors (Lipinski definition) is 0. The largest absolute Gasteiger partial charge is 0.0654 e. The minimum atomic E-state index is 0.941. The van der Waals surface area contributed by atoms with E-state index in [0.717, 1.165) is 11.8 Å². The van der Waals surface area contributed by atoms with Gasteiger partial charge >= 0.3 is 0 Å². The SMILES string of the molecule is CCCCCCCCCCCCCCCCCCCCCCCC(C)CCCCCC(C)CC. The number of rotatable bonds is 29. The molecule has 0 bridgehead atoms. The van der Waals surface area contributed by atoms with Crippen LogP contribution < -0.4 is 0 Å². The van der Waals surface area contributed by atoms with Gasteiger partial charge in [-0.1, -0.05) is 207 Å². The van der Waals surface area contributed by atoms with E-state index in [1.165, 1.54) is 180 Å². The molecule has 0 rings (SSSR count). The summed E-state index contributed by atoms with van der Waals surface area (Å²) in [5.74, 6) is 1.90. The maximum Gasteiger partial charge on any atom is -0.0443 e. The van der Waals surface area contributed by atoms with Crippen molar-refractivity contribution in [1.82, 2.24) is 0 Å². The molecule has 0 radical (unpaired) electrons. The highest BCUT2D eigenvalue weighted by molar-refractivity contribution is 4.57. The Morgan fingerprint density at radius 3 is 0.824 bits per heavy atom. The molecule has 0 heterocycles. The predicted octanol–water partition coefficient (Wildman–Crippen LogP) is 13.2. The molecule has 0 aliphatic rings. The normalized spacial score (nSPS) is 13.4. The van der Waals surface area contributed by atoms with Gasteiger partial charge in [0.05, 0.1) is 0 Å². The van der Waals surface area contributed by atoms with E-state index < -0.39 is 0 Å². The summed E-state index contributed by atoms with van der Waals surface area (Å²) in [5.41, 5.74) is 0.